The summed E-state index contributed by atoms with van der Waals surface area (Å²) in [6.07, 6.45) is 5.52. The number of carboxylic acids is 1. The molecule has 0 aromatic heterocycles. The van der Waals surface area contributed by atoms with Crippen LogP contribution in [0.2, 0.25) is 0 Å². The van der Waals surface area contributed by atoms with Gasteiger partial charge in [0, 0.05) is 18.9 Å². The van der Waals surface area contributed by atoms with E-state index in [2.05, 4.69) is 35.9 Å². The van der Waals surface area contributed by atoms with Crippen LogP contribution in [0.4, 0.5) is 0 Å². The van der Waals surface area contributed by atoms with Crippen molar-refractivity contribution in [3.63, 3.8) is 0 Å². The van der Waals surface area contributed by atoms with Gasteiger partial charge in [-0.25, -0.2) is 0 Å². The molecule has 0 spiro atoms. The van der Waals surface area contributed by atoms with Gasteiger partial charge in [0.15, 0.2) is 0 Å². The lowest BCUT2D eigenvalue weighted by atomic mass is 10.0. The van der Waals surface area contributed by atoms with E-state index in [0.717, 1.165) is 25.1 Å². The summed E-state index contributed by atoms with van der Waals surface area (Å²) in [7, 11) is 0. The molecule has 2 N–H and O–H groups in total. The molecule has 1 atom stereocenters. The summed E-state index contributed by atoms with van der Waals surface area (Å²) in [6, 6.07) is 0. The summed E-state index contributed by atoms with van der Waals surface area (Å²) in [4.78, 5) is 9.00. The average molecular weight is 295 g/mol. The largest absolute Gasteiger partial charge is 0.481 e. The molecule has 0 heterocycles. The van der Waals surface area contributed by atoms with Crippen molar-refractivity contribution in [3.05, 3.63) is 11.6 Å². The van der Waals surface area contributed by atoms with E-state index in [1.165, 1.54) is 12.0 Å². The highest BCUT2D eigenvalue weighted by molar-refractivity contribution is 9.09. The molecule has 0 aliphatic rings. The fraction of sp³-hybridized carbons (Fsp3) is 0.750. The molecule has 0 saturated carbocycles. The number of aliphatic carboxylic acids is 1. The molecule has 0 fully saturated rings. The van der Waals surface area contributed by atoms with Crippen LogP contribution in [0.25, 0.3) is 0 Å². The molecule has 0 radical (unpaired) electrons. The van der Waals surface area contributed by atoms with Gasteiger partial charge in [0.05, 0.1) is 0 Å². The van der Waals surface area contributed by atoms with Crippen LogP contribution >= 0.6 is 15.9 Å². The smallest absolute Gasteiger partial charge is 0.300 e. The predicted octanol–water partition coefficient (Wildman–Crippen LogP) is 3.22. The number of carbonyl (C=O) groups is 1. The highest BCUT2D eigenvalue weighted by Gasteiger charge is 1.98. The fourth-order valence-corrected chi connectivity index (χ4v) is 1.26. The molecule has 4 heteroatoms. The monoisotopic (exact) mass is 294 g/mol. The standard InChI is InChI=1S/C10H19BrO.C2H4O2/c1-9(6-7-12)4-3-5-10(2)8-11;1-2(3)4/h5,9,12H,3-4,6-8H2,1-2H3;1H3,(H,3,4). The van der Waals surface area contributed by atoms with Crippen LogP contribution in [-0.4, -0.2) is 28.1 Å². The number of alkyl halides is 1. The molecule has 96 valence electrons. The van der Waals surface area contributed by atoms with Crippen molar-refractivity contribution in [2.45, 2.75) is 40.0 Å². The maximum absolute atomic E-state index is 9.00. The zero-order valence-corrected chi connectivity index (χ0v) is 12.0. The summed E-state index contributed by atoms with van der Waals surface area (Å²) in [5.74, 6) is -0.186. The molecule has 0 aromatic rings. The molecule has 1 unspecified atom stereocenters. The number of hydrogen-bond donors (Lipinski definition) is 2. The summed E-state index contributed by atoms with van der Waals surface area (Å²) < 4.78 is 0. The van der Waals surface area contributed by atoms with Gasteiger partial charge in [-0.3, -0.25) is 4.79 Å². The van der Waals surface area contributed by atoms with Crippen molar-refractivity contribution < 1.29 is 15.0 Å². The van der Waals surface area contributed by atoms with E-state index in [-0.39, 0.29) is 0 Å². The molecule has 3 nitrogen and oxygen atoms in total. The van der Waals surface area contributed by atoms with Gasteiger partial charge in [0.25, 0.3) is 5.97 Å². The molecule has 0 amide bonds. The molecule has 0 bridgehead atoms. The van der Waals surface area contributed by atoms with E-state index < -0.39 is 5.97 Å². The Labute approximate surface area is 107 Å². The van der Waals surface area contributed by atoms with Crippen molar-refractivity contribution in [2.75, 3.05) is 11.9 Å². The van der Waals surface area contributed by atoms with Crippen molar-refractivity contribution >= 4 is 21.9 Å². The third-order valence-corrected chi connectivity index (χ3v) is 2.87. The summed E-state index contributed by atoms with van der Waals surface area (Å²) >= 11 is 3.40. The van der Waals surface area contributed by atoms with E-state index in [0.29, 0.717) is 12.5 Å². The van der Waals surface area contributed by atoms with Crippen LogP contribution in [0.5, 0.6) is 0 Å². The second kappa shape index (κ2) is 12.7. The number of hydrogen-bond acceptors (Lipinski definition) is 2. The van der Waals surface area contributed by atoms with Crippen LogP contribution in [0.3, 0.4) is 0 Å². The molecule has 16 heavy (non-hydrogen) atoms. The molecule has 0 aromatic carbocycles. The normalized spacial score (nSPS) is 12.7. The Hall–Kier alpha value is -0.350. The van der Waals surface area contributed by atoms with Gasteiger partial charge in [-0.2, -0.15) is 0 Å². The lowest BCUT2D eigenvalue weighted by Gasteiger charge is -2.06. The quantitative estimate of drug-likeness (QED) is 0.584. The Morgan fingerprint density at radius 3 is 2.25 bits per heavy atom. The van der Waals surface area contributed by atoms with Crippen molar-refractivity contribution in [3.8, 4) is 0 Å². The molecule has 0 aliphatic carbocycles. The van der Waals surface area contributed by atoms with Crippen molar-refractivity contribution in [1.82, 2.24) is 0 Å². The zero-order chi connectivity index (χ0) is 13.0. The van der Waals surface area contributed by atoms with Gasteiger partial charge in [-0.15, -0.1) is 0 Å². The minimum atomic E-state index is -0.833. The van der Waals surface area contributed by atoms with Gasteiger partial charge >= 0.3 is 0 Å². The maximum Gasteiger partial charge on any atom is 0.300 e. The lowest BCUT2D eigenvalue weighted by molar-refractivity contribution is -0.134. The van der Waals surface area contributed by atoms with Crippen LogP contribution < -0.4 is 0 Å². The van der Waals surface area contributed by atoms with Gasteiger partial charge in [-0.1, -0.05) is 34.5 Å². The Balaban J connectivity index is 0. The number of halogens is 1. The Kier molecular flexibility index (Phi) is 14.3. The van der Waals surface area contributed by atoms with E-state index in [1.807, 2.05) is 0 Å². The van der Waals surface area contributed by atoms with E-state index in [9.17, 15) is 0 Å². The van der Waals surface area contributed by atoms with Gasteiger partial charge in [-0.05, 0) is 32.1 Å². The predicted molar refractivity (Wildman–Crippen MR) is 71.0 cm³/mol. The van der Waals surface area contributed by atoms with E-state index in [4.69, 9.17) is 15.0 Å². The number of carboxylic acid groups (broad SMARTS) is 1. The lowest BCUT2D eigenvalue weighted by Crippen LogP contribution is -1.97. The first kappa shape index (κ1) is 18.0. The first-order chi connectivity index (χ1) is 7.43. The summed E-state index contributed by atoms with van der Waals surface area (Å²) in [5.41, 5.74) is 1.39. The Morgan fingerprint density at radius 1 is 1.38 bits per heavy atom. The molecular formula is C12H23BrO3. The minimum Gasteiger partial charge on any atom is -0.481 e. The third-order valence-electron chi connectivity index (χ3n) is 1.98. The van der Waals surface area contributed by atoms with Gasteiger partial charge in [0.1, 0.15) is 0 Å². The number of allylic oxidation sites excluding steroid dienone is 2. The Morgan fingerprint density at radius 2 is 1.88 bits per heavy atom. The highest BCUT2D eigenvalue weighted by atomic mass is 79.9. The Bertz CT molecular complexity index is 198. The van der Waals surface area contributed by atoms with Crippen LogP contribution in [0.1, 0.15) is 40.0 Å². The molecular weight excluding hydrogens is 272 g/mol. The SMILES string of the molecule is CC(=CCCC(C)CCO)CBr.CC(=O)O. The summed E-state index contributed by atoms with van der Waals surface area (Å²) in [5, 5.41) is 17.1. The summed E-state index contributed by atoms with van der Waals surface area (Å²) in [6.45, 7) is 5.72. The first-order valence-corrected chi connectivity index (χ1v) is 6.58. The zero-order valence-electron chi connectivity index (χ0n) is 10.4. The van der Waals surface area contributed by atoms with E-state index >= 15 is 0 Å². The fourth-order valence-electron chi connectivity index (χ4n) is 1.03. The highest BCUT2D eigenvalue weighted by Crippen LogP contribution is 2.11. The molecule has 0 saturated heterocycles. The van der Waals surface area contributed by atoms with Crippen LogP contribution in [0.15, 0.2) is 11.6 Å². The van der Waals surface area contributed by atoms with E-state index in [1.54, 1.807) is 0 Å². The molecule has 0 rings (SSSR count). The second-order valence-electron chi connectivity index (χ2n) is 3.90. The minimum absolute atomic E-state index is 0.322. The van der Waals surface area contributed by atoms with Crippen LogP contribution in [-0.2, 0) is 4.79 Å². The third kappa shape index (κ3) is 19.3. The average Bonchev–Trinajstić information content (AvgIpc) is 2.17. The number of aliphatic hydroxyl groups is 1. The van der Waals surface area contributed by atoms with Crippen LogP contribution in [0, 0.1) is 5.92 Å². The van der Waals surface area contributed by atoms with Gasteiger partial charge in [0.2, 0.25) is 0 Å². The topological polar surface area (TPSA) is 57.5 Å². The van der Waals surface area contributed by atoms with Crippen molar-refractivity contribution in [2.24, 2.45) is 5.92 Å². The van der Waals surface area contributed by atoms with Crippen molar-refractivity contribution in [1.29, 1.82) is 0 Å². The van der Waals surface area contributed by atoms with Gasteiger partial charge < -0.3 is 10.2 Å². The number of aliphatic hydroxyl groups excluding tert-OH is 1. The molecule has 0 aliphatic heterocycles. The first-order valence-electron chi connectivity index (χ1n) is 5.46. The second-order valence-corrected chi connectivity index (χ2v) is 4.46. The number of rotatable bonds is 6. The maximum atomic E-state index is 9.00.